The molecule has 3 aromatic rings. The van der Waals surface area contributed by atoms with Crippen molar-refractivity contribution in [3.63, 3.8) is 0 Å². The van der Waals surface area contributed by atoms with E-state index < -0.39 is 5.97 Å². The molecule has 10 heteroatoms. The Balaban J connectivity index is 1.57. The second-order valence-electron chi connectivity index (χ2n) is 8.28. The predicted molar refractivity (Wildman–Crippen MR) is 134 cm³/mol. The zero-order chi connectivity index (χ0) is 25.5. The van der Waals surface area contributed by atoms with Gasteiger partial charge in [0, 0.05) is 18.3 Å². The van der Waals surface area contributed by atoms with E-state index in [1.165, 1.54) is 11.8 Å². The van der Waals surface area contributed by atoms with Gasteiger partial charge in [0.05, 0.1) is 23.5 Å². The van der Waals surface area contributed by atoms with Crippen LogP contribution in [0.15, 0.2) is 53.7 Å². The van der Waals surface area contributed by atoms with Crippen LogP contribution >= 0.6 is 11.8 Å². The number of amides is 2. The van der Waals surface area contributed by atoms with Crippen LogP contribution < -0.4 is 10.6 Å². The summed E-state index contributed by atoms with van der Waals surface area (Å²) in [7, 11) is 1.79. The lowest BCUT2D eigenvalue weighted by molar-refractivity contribution is -0.113. The van der Waals surface area contributed by atoms with Crippen molar-refractivity contribution in [1.82, 2.24) is 20.1 Å². The first-order valence-electron chi connectivity index (χ1n) is 11.1. The molecule has 0 radical (unpaired) electrons. The molecule has 0 spiro atoms. The third kappa shape index (κ3) is 6.92. The molecule has 2 amide bonds. The summed E-state index contributed by atoms with van der Waals surface area (Å²) in [5, 5.41) is 14.6. The van der Waals surface area contributed by atoms with Gasteiger partial charge in [0.2, 0.25) is 5.91 Å². The molecular formula is C25H29N5O4S. The normalized spacial score (nSPS) is 11.7. The average Bonchev–Trinajstić information content (AvgIpc) is 3.18. The number of rotatable bonds is 9. The van der Waals surface area contributed by atoms with Crippen LogP contribution in [0.1, 0.15) is 58.9 Å². The Labute approximate surface area is 208 Å². The Morgan fingerprint density at radius 3 is 2.51 bits per heavy atom. The first-order valence-corrected chi connectivity index (χ1v) is 12.1. The molecule has 1 unspecified atom stereocenters. The molecule has 0 fully saturated rings. The number of carbonyl (C=O) groups is 3. The number of ether oxygens (including phenoxy) is 1. The topological polar surface area (TPSA) is 115 Å². The summed E-state index contributed by atoms with van der Waals surface area (Å²) < 4.78 is 6.94. The van der Waals surface area contributed by atoms with Gasteiger partial charge in [0.15, 0.2) is 11.0 Å². The molecular weight excluding hydrogens is 466 g/mol. The van der Waals surface area contributed by atoms with Gasteiger partial charge in [-0.1, -0.05) is 36.0 Å². The van der Waals surface area contributed by atoms with Crippen molar-refractivity contribution in [1.29, 1.82) is 0 Å². The van der Waals surface area contributed by atoms with Gasteiger partial charge >= 0.3 is 5.97 Å². The first-order chi connectivity index (χ1) is 16.7. The molecule has 9 nitrogen and oxygen atoms in total. The lowest BCUT2D eigenvalue weighted by Crippen LogP contribution is -2.29. The molecule has 2 aromatic carbocycles. The lowest BCUT2D eigenvalue weighted by Gasteiger charge is -2.14. The van der Waals surface area contributed by atoms with Crippen molar-refractivity contribution in [2.45, 2.75) is 45.0 Å². The SMILES string of the molecule is Cc1ccccc1C(=O)NC(C)c1nnc(SCC(=O)Nc2cccc(C(=O)OC(C)C)c2)n1C. The Hall–Kier alpha value is -3.66. The van der Waals surface area contributed by atoms with E-state index in [0.717, 1.165) is 5.56 Å². The number of esters is 1. The van der Waals surface area contributed by atoms with Gasteiger partial charge in [-0.15, -0.1) is 10.2 Å². The number of benzene rings is 2. The molecule has 0 saturated carbocycles. The average molecular weight is 496 g/mol. The lowest BCUT2D eigenvalue weighted by atomic mass is 10.1. The maximum Gasteiger partial charge on any atom is 0.338 e. The summed E-state index contributed by atoms with van der Waals surface area (Å²) in [5.41, 5.74) is 2.36. The fraction of sp³-hybridized carbons (Fsp3) is 0.320. The van der Waals surface area contributed by atoms with Crippen molar-refractivity contribution < 1.29 is 19.1 Å². The smallest absolute Gasteiger partial charge is 0.338 e. The van der Waals surface area contributed by atoms with Crippen molar-refractivity contribution in [2.75, 3.05) is 11.1 Å². The summed E-state index contributed by atoms with van der Waals surface area (Å²) in [6, 6.07) is 13.6. The Morgan fingerprint density at radius 1 is 1.06 bits per heavy atom. The fourth-order valence-electron chi connectivity index (χ4n) is 3.33. The van der Waals surface area contributed by atoms with Crippen LogP contribution in [0.2, 0.25) is 0 Å². The highest BCUT2D eigenvalue weighted by molar-refractivity contribution is 7.99. The third-order valence-corrected chi connectivity index (χ3v) is 6.07. The number of nitrogens with one attached hydrogen (secondary N) is 2. The van der Waals surface area contributed by atoms with Crippen molar-refractivity contribution >= 4 is 35.2 Å². The minimum Gasteiger partial charge on any atom is -0.459 e. The fourth-order valence-corrected chi connectivity index (χ4v) is 4.05. The highest BCUT2D eigenvalue weighted by Crippen LogP contribution is 2.20. The van der Waals surface area contributed by atoms with E-state index in [1.807, 2.05) is 32.0 Å². The quantitative estimate of drug-likeness (QED) is 0.342. The van der Waals surface area contributed by atoms with Gasteiger partial charge in [0.1, 0.15) is 0 Å². The van der Waals surface area contributed by atoms with E-state index in [0.29, 0.717) is 27.8 Å². The molecule has 1 aromatic heterocycles. The Bertz CT molecular complexity index is 1220. The van der Waals surface area contributed by atoms with E-state index in [2.05, 4.69) is 20.8 Å². The van der Waals surface area contributed by atoms with Gasteiger partial charge in [-0.3, -0.25) is 9.59 Å². The highest BCUT2D eigenvalue weighted by atomic mass is 32.2. The number of carbonyl (C=O) groups excluding carboxylic acids is 3. The minimum absolute atomic E-state index is 0.0938. The molecule has 35 heavy (non-hydrogen) atoms. The van der Waals surface area contributed by atoms with Crippen LogP contribution in [0, 0.1) is 6.92 Å². The van der Waals surface area contributed by atoms with E-state index in [9.17, 15) is 14.4 Å². The molecule has 0 aliphatic carbocycles. The van der Waals surface area contributed by atoms with Crippen LogP contribution in [0.25, 0.3) is 0 Å². The molecule has 0 bridgehead atoms. The van der Waals surface area contributed by atoms with E-state index in [-0.39, 0.29) is 29.7 Å². The Kier molecular flexibility index (Phi) is 8.64. The van der Waals surface area contributed by atoms with Gasteiger partial charge < -0.3 is 19.9 Å². The highest BCUT2D eigenvalue weighted by Gasteiger charge is 2.20. The monoisotopic (exact) mass is 495 g/mol. The number of hydrogen-bond acceptors (Lipinski definition) is 7. The van der Waals surface area contributed by atoms with Crippen molar-refractivity contribution in [3.8, 4) is 0 Å². The van der Waals surface area contributed by atoms with E-state index >= 15 is 0 Å². The number of nitrogens with zero attached hydrogens (tertiary/aromatic N) is 3. The van der Waals surface area contributed by atoms with Crippen molar-refractivity contribution in [2.24, 2.45) is 7.05 Å². The van der Waals surface area contributed by atoms with E-state index in [4.69, 9.17) is 4.74 Å². The predicted octanol–water partition coefficient (Wildman–Crippen LogP) is 3.91. The standard InChI is InChI=1S/C25H29N5O4S/c1-15(2)34-24(33)18-10-8-11-19(13-18)27-21(31)14-35-25-29-28-22(30(25)5)17(4)26-23(32)20-12-7-6-9-16(20)3/h6-13,15,17H,14H2,1-5H3,(H,26,32)(H,27,31). The number of aryl methyl sites for hydroxylation is 1. The molecule has 184 valence electrons. The molecule has 0 aliphatic heterocycles. The number of hydrogen-bond donors (Lipinski definition) is 2. The zero-order valence-corrected chi connectivity index (χ0v) is 21.2. The van der Waals surface area contributed by atoms with Crippen LogP contribution in [0.3, 0.4) is 0 Å². The molecule has 2 N–H and O–H groups in total. The van der Waals surface area contributed by atoms with Gasteiger partial charge in [-0.2, -0.15) is 0 Å². The second-order valence-corrected chi connectivity index (χ2v) is 9.22. The third-order valence-electron chi connectivity index (χ3n) is 5.05. The number of thioether (sulfide) groups is 1. The summed E-state index contributed by atoms with van der Waals surface area (Å²) in [5.74, 6) is -0.218. The summed E-state index contributed by atoms with van der Waals surface area (Å²) in [6.45, 7) is 7.27. The molecule has 1 atom stereocenters. The van der Waals surface area contributed by atoms with Crippen LogP contribution in [-0.2, 0) is 16.6 Å². The van der Waals surface area contributed by atoms with Gasteiger partial charge in [0.25, 0.3) is 5.91 Å². The molecule has 0 aliphatic rings. The maximum atomic E-state index is 12.6. The first kappa shape index (κ1) is 26.0. The minimum atomic E-state index is -0.444. The largest absolute Gasteiger partial charge is 0.459 e. The van der Waals surface area contributed by atoms with E-state index in [1.54, 1.807) is 55.8 Å². The zero-order valence-electron chi connectivity index (χ0n) is 20.4. The molecule has 3 rings (SSSR count). The van der Waals surface area contributed by atoms with Crippen LogP contribution in [0.5, 0.6) is 0 Å². The summed E-state index contributed by atoms with van der Waals surface area (Å²) in [4.78, 5) is 37.2. The summed E-state index contributed by atoms with van der Waals surface area (Å²) in [6.07, 6.45) is -0.230. The maximum absolute atomic E-state index is 12.6. The Morgan fingerprint density at radius 2 is 1.80 bits per heavy atom. The molecule has 1 heterocycles. The van der Waals surface area contributed by atoms with Crippen molar-refractivity contribution in [3.05, 3.63) is 71.0 Å². The second kappa shape index (κ2) is 11.7. The van der Waals surface area contributed by atoms with Gasteiger partial charge in [-0.25, -0.2) is 4.79 Å². The number of anilines is 1. The molecule has 0 saturated heterocycles. The van der Waals surface area contributed by atoms with Crippen LogP contribution in [-0.4, -0.2) is 44.4 Å². The van der Waals surface area contributed by atoms with Crippen LogP contribution in [0.4, 0.5) is 5.69 Å². The van der Waals surface area contributed by atoms with Gasteiger partial charge in [-0.05, 0) is 57.5 Å². The summed E-state index contributed by atoms with van der Waals surface area (Å²) >= 11 is 1.22. The number of aromatic nitrogens is 3.